The van der Waals surface area contributed by atoms with Crippen molar-refractivity contribution in [3.63, 3.8) is 0 Å². The SMILES string of the molecule is COc1cc(SC#N)ccc1N=Cc1c(O)[nH]c(=S)[nH]c1=O. The highest BCUT2D eigenvalue weighted by Gasteiger charge is 2.07. The molecule has 1 heterocycles. The minimum absolute atomic E-state index is 0.0233. The maximum atomic E-state index is 11.7. The van der Waals surface area contributed by atoms with E-state index >= 15 is 0 Å². The molecule has 0 fully saturated rings. The molecule has 3 N–H and O–H groups in total. The van der Waals surface area contributed by atoms with Gasteiger partial charge in [-0.15, -0.1) is 0 Å². The van der Waals surface area contributed by atoms with Gasteiger partial charge in [0.15, 0.2) is 4.77 Å². The van der Waals surface area contributed by atoms with Crippen LogP contribution in [0.1, 0.15) is 5.56 Å². The summed E-state index contributed by atoms with van der Waals surface area (Å²) in [4.78, 5) is 21.3. The Kier molecular flexibility index (Phi) is 4.98. The number of ether oxygens (including phenoxy) is 1. The van der Waals surface area contributed by atoms with Crippen molar-refractivity contribution in [2.75, 3.05) is 7.11 Å². The van der Waals surface area contributed by atoms with Gasteiger partial charge >= 0.3 is 0 Å². The number of hydrogen-bond donors (Lipinski definition) is 3. The number of methoxy groups -OCH3 is 1. The van der Waals surface area contributed by atoms with Gasteiger partial charge in [-0.1, -0.05) is 0 Å². The molecule has 0 bridgehead atoms. The number of nitrogens with zero attached hydrogens (tertiary/aromatic N) is 2. The highest BCUT2D eigenvalue weighted by atomic mass is 32.2. The third-order valence-corrected chi connectivity index (χ3v) is 3.39. The summed E-state index contributed by atoms with van der Waals surface area (Å²) < 4.78 is 5.21. The third-order valence-electron chi connectivity index (χ3n) is 2.61. The standard InChI is InChI=1S/C13H10N4O3S2/c1-20-10-4-7(22-6-14)2-3-9(10)15-5-8-11(18)16-13(21)17-12(8)19/h2-5H,1H3,(H3,16,17,18,19,21). The fourth-order valence-electron chi connectivity index (χ4n) is 1.62. The van der Waals surface area contributed by atoms with E-state index in [2.05, 4.69) is 15.0 Å². The van der Waals surface area contributed by atoms with E-state index in [0.717, 1.165) is 11.8 Å². The highest BCUT2D eigenvalue weighted by Crippen LogP contribution is 2.32. The van der Waals surface area contributed by atoms with E-state index in [1.807, 2.05) is 5.40 Å². The van der Waals surface area contributed by atoms with Crippen LogP contribution in [0.2, 0.25) is 0 Å². The van der Waals surface area contributed by atoms with Crippen LogP contribution in [0.25, 0.3) is 0 Å². The van der Waals surface area contributed by atoms with E-state index in [1.165, 1.54) is 13.3 Å². The van der Waals surface area contributed by atoms with Crippen molar-refractivity contribution in [3.8, 4) is 17.0 Å². The lowest BCUT2D eigenvalue weighted by atomic mass is 10.3. The summed E-state index contributed by atoms with van der Waals surface area (Å²) >= 11 is 5.74. The second-order valence-electron chi connectivity index (χ2n) is 3.96. The summed E-state index contributed by atoms with van der Waals surface area (Å²) in [7, 11) is 1.47. The largest absolute Gasteiger partial charge is 0.494 e. The number of aromatic amines is 2. The Labute approximate surface area is 134 Å². The van der Waals surface area contributed by atoms with Gasteiger partial charge in [-0.05, 0) is 42.2 Å². The number of rotatable bonds is 4. The molecule has 1 aromatic heterocycles. The second kappa shape index (κ2) is 6.93. The molecule has 2 aromatic rings. The Morgan fingerprint density at radius 3 is 2.91 bits per heavy atom. The molecular formula is C13H10N4O3S2. The van der Waals surface area contributed by atoms with Gasteiger partial charge in [0.05, 0.1) is 7.11 Å². The molecule has 2 rings (SSSR count). The van der Waals surface area contributed by atoms with Gasteiger partial charge in [0.1, 0.15) is 22.4 Å². The van der Waals surface area contributed by atoms with Crippen LogP contribution in [-0.2, 0) is 0 Å². The molecule has 0 aliphatic heterocycles. The van der Waals surface area contributed by atoms with Crippen molar-refractivity contribution in [1.29, 1.82) is 5.26 Å². The summed E-state index contributed by atoms with van der Waals surface area (Å²) in [6.45, 7) is 0. The van der Waals surface area contributed by atoms with Crippen LogP contribution >= 0.6 is 24.0 Å². The lowest BCUT2D eigenvalue weighted by Gasteiger charge is -2.05. The molecule has 0 saturated carbocycles. The van der Waals surface area contributed by atoms with Gasteiger partial charge in [-0.2, -0.15) is 5.26 Å². The molecule has 9 heteroatoms. The molecule has 0 aliphatic carbocycles. The molecule has 1 aromatic carbocycles. The van der Waals surface area contributed by atoms with Crippen LogP contribution in [0.15, 0.2) is 32.9 Å². The second-order valence-corrected chi connectivity index (χ2v) is 5.22. The quantitative estimate of drug-likeness (QED) is 0.342. The predicted molar refractivity (Wildman–Crippen MR) is 85.6 cm³/mol. The van der Waals surface area contributed by atoms with Gasteiger partial charge in [0.25, 0.3) is 5.56 Å². The van der Waals surface area contributed by atoms with Crippen molar-refractivity contribution < 1.29 is 9.84 Å². The Hall–Kier alpha value is -2.57. The Morgan fingerprint density at radius 2 is 2.27 bits per heavy atom. The van der Waals surface area contributed by atoms with E-state index in [-0.39, 0.29) is 16.2 Å². The molecule has 0 amide bonds. The molecule has 7 nitrogen and oxygen atoms in total. The van der Waals surface area contributed by atoms with Crippen LogP contribution in [0, 0.1) is 15.4 Å². The zero-order valence-electron chi connectivity index (χ0n) is 11.3. The first-order valence-corrected chi connectivity index (χ1v) is 7.11. The normalized spacial score (nSPS) is 10.5. The minimum Gasteiger partial charge on any atom is -0.494 e. The predicted octanol–water partition coefficient (Wildman–Crippen LogP) is 2.47. The number of benzene rings is 1. The smallest absolute Gasteiger partial charge is 0.264 e. The van der Waals surface area contributed by atoms with Crippen LogP contribution < -0.4 is 10.3 Å². The number of aromatic nitrogens is 2. The topological polar surface area (TPSA) is 114 Å². The average Bonchev–Trinajstić information content (AvgIpc) is 2.47. The molecule has 0 spiro atoms. The lowest BCUT2D eigenvalue weighted by Crippen LogP contribution is -2.13. The van der Waals surface area contributed by atoms with E-state index in [0.29, 0.717) is 16.3 Å². The fraction of sp³-hybridized carbons (Fsp3) is 0.0769. The number of nitriles is 1. The van der Waals surface area contributed by atoms with Crippen molar-refractivity contribution in [3.05, 3.63) is 38.9 Å². The van der Waals surface area contributed by atoms with Crippen molar-refractivity contribution in [2.24, 2.45) is 4.99 Å². The van der Waals surface area contributed by atoms with E-state index in [9.17, 15) is 9.90 Å². The molecule has 22 heavy (non-hydrogen) atoms. The van der Waals surface area contributed by atoms with Crippen molar-refractivity contribution >= 4 is 35.9 Å². The Bertz CT molecular complexity index is 880. The van der Waals surface area contributed by atoms with Gasteiger partial charge in [-0.3, -0.25) is 14.8 Å². The van der Waals surface area contributed by atoms with E-state index < -0.39 is 5.56 Å². The number of aliphatic imine (C=N–C) groups is 1. The lowest BCUT2D eigenvalue weighted by molar-refractivity contribution is 0.415. The van der Waals surface area contributed by atoms with Crippen molar-refractivity contribution in [2.45, 2.75) is 4.90 Å². The number of aromatic hydroxyl groups is 1. The maximum absolute atomic E-state index is 11.7. The number of thiocyanates is 1. The Morgan fingerprint density at radius 1 is 1.50 bits per heavy atom. The van der Waals surface area contributed by atoms with Crippen LogP contribution in [0.4, 0.5) is 5.69 Å². The van der Waals surface area contributed by atoms with Gasteiger partial charge in [0.2, 0.25) is 5.88 Å². The monoisotopic (exact) mass is 334 g/mol. The van der Waals surface area contributed by atoms with E-state index in [1.54, 1.807) is 18.2 Å². The fourth-order valence-corrected chi connectivity index (χ4v) is 2.22. The molecular weight excluding hydrogens is 324 g/mol. The van der Waals surface area contributed by atoms with Crippen LogP contribution in [-0.4, -0.2) is 28.4 Å². The van der Waals surface area contributed by atoms with Crippen LogP contribution in [0.3, 0.4) is 0 Å². The van der Waals surface area contributed by atoms with Gasteiger partial charge < -0.3 is 14.8 Å². The Balaban J connectivity index is 2.41. The molecule has 0 radical (unpaired) electrons. The van der Waals surface area contributed by atoms with Crippen molar-refractivity contribution in [1.82, 2.24) is 9.97 Å². The molecule has 0 aliphatic rings. The minimum atomic E-state index is -0.555. The average molecular weight is 334 g/mol. The molecule has 112 valence electrons. The first-order valence-electron chi connectivity index (χ1n) is 5.88. The summed E-state index contributed by atoms with van der Waals surface area (Å²) in [5.41, 5.74) is -0.155. The van der Waals surface area contributed by atoms with E-state index in [4.69, 9.17) is 22.2 Å². The first kappa shape index (κ1) is 15.8. The summed E-state index contributed by atoms with van der Waals surface area (Å²) in [5, 5.41) is 20.3. The third kappa shape index (κ3) is 3.55. The zero-order valence-corrected chi connectivity index (χ0v) is 12.9. The first-order chi connectivity index (χ1) is 10.5. The maximum Gasteiger partial charge on any atom is 0.264 e. The van der Waals surface area contributed by atoms with Gasteiger partial charge in [-0.25, -0.2) is 0 Å². The summed E-state index contributed by atoms with van der Waals surface area (Å²) in [6, 6.07) is 5.00. The summed E-state index contributed by atoms with van der Waals surface area (Å²) in [5.74, 6) is 0.0735. The van der Waals surface area contributed by atoms with Crippen LogP contribution in [0.5, 0.6) is 11.6 Å². The number of hydrogen-bond acceptors (Lipinski definition) is 7. The molecule has 0 saturated heterocycles. The highest BCUT2D eigenvalue weighted by molar-refractivity contribution is 8.03. The summed E-state index contributed by atoms with van der Waals surface area (Å²) in [6.07, 6.45) is 1.20. The molecule has 0 atom stereocenters. The molecule has 0 unspecified atom stereocenters. The number of nitrogens with one attached hydrogen (secondary N) is 2. The van der Waals surface area contributed by atoms with Gasteiger partial charge in [0, 0.05) is 11.1 Å². The number of thioether (sulfide) groups is 1. The number of H-pyrrole nitrogens is 2. The zero-order chi connectivity index (χ0) is 16.1.